The Hall–Kier alpha value is -0.450. The molecule has 1 unspecified atom stereocenters. The number of nitrogens with zero attached hydrogens (tertiary/aromatic N) is 2. The van der Waals surface area contributed by atoms with Crippen LogP contribution in [0.3, 0.4) is 0 Å². The van der Waals surface area contributed by atoms with Crippen LogP contribution in [0.25, 0.3) is 0 Å². The van der Waals surface area contributed by atoms with Gasteiger partial charge in [-0.2, -0.15) is 0 Å². The van der Waals surface area contributed by atoms with Crippen molar-refractivity contribution in [2.75, 3.05) is 54.0 Å². The van der Waals surface area contributed by atoms with Crippen LogP contribution in [-0.2, 0) is 9.53 Å². The molecule has 0 bridgehead atoms. The van der Waals surface area contributed by atoms with Gasteiger partial charge in [0.2, 0.25) is 0 Å². The molecule has 16 heavy (non-hydrogen) atoms. The van der Waals surface area contributed by atoms with Gasteiger partial charge in [0.15, 0.2) is 0 Å². The molecule has 1 aliphatic rings. The van der Waals surface area contributed by atoms with Gasteiger partial charge in [0.25, 0.3) is 0 Å². The maximum absolute atomic E-state index is 11.1. The number of carbonyl (C=O) groups excluding carboxylic acids is 1. The number of rotatable bonds is 7. The summed E-state index contributed by atoms with van der Waals surface area (Å²) in [7, 11) is 6.24. The van der Waals surface area contributed by atoms with Crippen LogP contribution in [0.2, 0.25) is 0 Å². The Morgan fingerprint density at radius 1 is 1.31 bits per heavy atom. The van der Waals surface area contributed by atoms with Crippen LogP contribution < -0.4 is 0 Å². The van der Waals surface area contributed by atoms with Gasteiger partial charge in [-0.1, -0.05) is 0 Å². The lowest BCUT2D eigenvalue weighted by Crippen LogP contribution is -2.38. The molecule has 0 spiro atoms. The van der Waals surface area contributed by atoms with Gasteiger partial charge >= 0.3 is 0 Å². The molecule has 1 saturated heterocycles. The molecule has 0 aliphatic carbocycles. The van der Waals surface area contributed by atoms with E-state index >= 15 is 0 Å². The largest absolute Gasteiger partial charge is 0.380 e. The van der Waals surface area contributed by atoms with Crippen molar-refractivity contribution in [3.63, 3.8) is 0 Å². The minimum absolute atomic E-state index is 0.243. The van der Waals surface area contributed by atoms with E-state index in [2.05, 4.69) is 30.9 Å². The maximum atomic E-state index is 11.1. The molecule has 4 heteroatoms. The molecule has 0 saturated carbocycles. The molecule has 1 heterocycles. The molecule has 0 amide bonds. The van der Waals surface area contributed by atoms with E-state index in [-0.39, 0.29) is 5.41 Å². The van der Waals surface area contributed by atoms with Crippen LogP contribution in [0.5, 0.6) is 0 Å². The summed E-state index contributed by atoms with van der Waals surface area (Å²) in [5.41, 5.74) is -0.243. The van der Waals surface area contributed by atoms with E-state index in [0.29, 0.717) is 6.61 Å². The Kier molecular flexibility index (Phi) is 5.38. The normalized spacial score (nSPS) is 25.6. The number of hydrogen-bond donors (Lipinski definition) is 0. The first-order chi connectivity index (χ1) is 7.58. The molecule has 0 aromatic carbocycles. The zero-order valence-corrected chi connectivity index (χ0v) is 10.7. The smallest absolute Gasteiger partial charge is 0.129 e. The monoisotopic (exact) mass is 228 g/mol. The third-order valence-corrected chi connectivity index (χ3v) is 3.11. The summed E-state index contributed by atoms with van der Waals surface area (Å²) >= 11 is 0. The lowest BCUT2D eigenvalue weighted by Gasteiger charge is -2.27. The Bertz CT molecular complexity index is 213. The molecule has 1 rings (SSSR count). The fourth-order valence-corrected chi connectivity index (χ4v) is 2.15. The van der Waals surface area contributed by atoms with Crippen LogP contribution >= 0.6 is 0 Å². The zero-order valence-electron chi connectivity index (χ0n) is 10.7. The molecule has 0 radical (unpaired) electrons. The Morgan fingerprint density at radius 2 is 2.06 bits per heavy atom. The van der Waals surface area contributed by atoms with Gasteiger partial charge in [-0.15, -0.1) is 0 Å². The standard InChI is InChI=1S/C12H24N2O2/c1-13(2)6-4-7-14(3)9-12(10-15)5-8-16-11-12/h10H,4-9,11H2,1-3H3. The Morgan fingerprint density at radius 3 is 2.56 bits per heavy atom. The lowest BCUT2D eigenvalue weighted by atomic mass is 9.89. The first kappa shape index (κ1) is 13.6. The van der Waals surface area contributed by atoms with Gasteiger partial charge < -0.3 is 19.3 Å². The average molecular weight is 228 g/mol. The second kappa shape index (κ2) is 6.33. The molecular formula is C12H24N2O2. The first-order valence-corrected chi connectivity index (χ1v) is 5.95. The predicted molar refractivity (Wildman–Crippen MR) is 64.6 cm³/mol. The molecule has 1 atom stereocenters. The second-order valence-corrected chi connectivity index (χ2v) is 5.18. The van der Waals surface area contributed by atoms with E-state index in [1.165, 1.54) is 0 Å². The molecule has 4 nitrogen and oxygen atoms in total. The van der Waals surface area contributed by atoms with Gasteiger partial charge in [-0.05, 0) is 47.1 Å². The second-order valence-electron chi connectivity index (χ2n) is 5.18. The Balaban J connectivity index is 2.26. The van der Waals surface area contributed by atoms with E-state index < -0.39 is 0 Å². The SMILES string of the molecule is CN(C)CCCN(C)CC1(C=O)CCOC1. The number of hydrogen-bond acceptors (Lipinski definition) is 4. The highest BCUT2D eigenvalue weighted by molar-refractivity contribution is 5.60. The fourth-order valence-electron chi connectivity index (χ4n) is 2.15. The topological polar surface area (TPSA) is 32.8 Å². The van der Waals surface area contributed by atoms with E-state index in [4.69, 9.17) is 4.74 Å². The quantitative estimate of drug-likeness (QED) is 0.593. The van der Waals surface area contributed by atoms with Crippen LogP contribution in [0.15, 0.2) is 0 Å². The van der Waals surface area contributed by atoms with Crippen LogP contribution in [0, 0.1) is 5.41 Å². The van der Waals surface area contributed by atoms with E-state index in [1.54, 1.807) is 0 Å². The Labute approximate surface area is 98.5 Å². The van der Waals surface area contributed by atoms with Gasteiger partial charge in [0.05, 0.1) is 12.0 Å². The third-order valence-electron chi connectivity index (χ3n) is 3.11. The molecular weight excluding hydrogens is 204 g/mol. The van der Waals surface area contributed by atoms with E-state index in [1.807, 2.05) is 0 Å². The summed E-state index contributed by atoms with van der Waals surface area (Å²) < 4.78 is 5.33. The molecule has 0 aromatic heterocycles. The van der Waals surface area contributed by atoms with Gasteiger partial charge in [0, 0.05) is 13.2 Å². The minimum atomic E-state index is -0.243. The van der Waals surface area contributed by atoms with Crippen molar-refractivity contribution in [1.82, 2.24) is 9.80 Å². The first-order valence-electron chi connectivity index (χ1n) is 5.95. The van der Waals surface area contributed by atoms with E-state index in [0.717, 1.165) is 45.4 Å². The highest BCUT2D eigenvalue weighted by Crippen LogP contribution is 2.26. The summed E-state index contributed by atoms with van der Waals surface area (Å²) in [4.78, 5) is 15.6. The zero-order chi connectivity index (χ0) is 12.0. The summed E-state index contributed by atoms with van der Waals surface area (Å²) in [6.07, 6.45) is 3.09. The minimum Gasteiger partial charge on any atom is -0.380 e. The fraction of sp³-hybridized carbons (Fsp3) is 0.917. The van der Waals surface area contributed by atoms with Crippen molar-refractivity contribution in [1.29, 1.82) is 0 Å². The van der Waals surface area contributed by atoms with Crippen molar-refractivity contribution >= 4 is 6.29 Å². The molecule has 1 aliphatic heterocycles. The van der Waals surface area contributed by atoms with Crippen molar-refractivity contribution in [3.8, 4) is 0 Å². The summed E-state index contributed by atoms with van der Waals surface area (Å²) in [6.45, 7) is 4.27. The molecule has 1 fully saturated rings. The van der Waals surface area contributed by atoms with Gasteiger partial charge in [-0.3, -0.25) is 0 Å². The lowest BCUT2D eigenvalue weighted by molar-refractivity contribution is -0.117. The van der Waals surface area contributed by atoms with Crippen molar-refractivity contribution in [2.45, 2.75) is 12.8 Å². The van der Waals surface area contributed by atoms with Crippen LogP contribution in [0.1, 0.15) is 12.8 Å². The van der Waals surface area contributed by atoms with Crippen LogP contribution in [-0.4, -0.2) is 70.1 Å². The summed E-state index contributed by atoms with van der Waals surface area (Å²) in [5.74, 6) is 0. The van der Waals surface area contributed by atoms with Crippen LogP contribution in [0.4, 0.5) is 0 Å². The van der Waals surface area contributed by atoms with Gasteiger partial charge in [0.1, 0.15) is 6.29 Å². The summed E-state index contributed by atoms with van der Waals surface area (Å²) in [6, 6.07) is 0. The van der Waals surface area contributed by atoms with Gasteiger partial charge in [-0.25, -0.2) is 0 Å². The number of ether oxygens (including phenoxy) is 1. The third kappa shape index (κ3) is 4.20. The number of carbonyl (C=O) groups is 1. The maximum Gasteiger partial charge on any atom is 0.129 e. The highest BCUT2D eigenvalue weighted by atomic mass is 16.5. The van der Waals surface area contributed by atoms with Crippen molar-refractivity contribution < 1.29 is 9.53 Å². The molecule has 0 aromatic rings. The van der Waals surface area contributed by atoms with E-state index in [9.17, 15) is 4.79 Å². The van der Waals surface area contributed by atoms with Crippen molar-refractivity contribution in [2.24, 2.45) is 5.41 Å². The highest BCUT2D eigenvalue weighted by Gasteiger charge is 2.35. The van der Waals surface area contributed by atoms with Crippen molar-refractivity contribution in [3.05, 3.63) is 0 Å². The summed E-state index contributed by atoms with van der Waals surface area (Å²) in [5, 5.41) is 0. The average Bonchev–Trinajstić information content (AvgIpc) is 2.66. The molecule has 0 N–H and O–H groups in total. The predicted octanol–water partition coefficient (Wildman–Crippen LogP) is 0.476. The molecule has 94 valence electrons. The number of aldehydes is 1.